The predicted octanol–water partition coefficient (Wildman–Crippen LogP) is 1.76. The van der Waals surface area contributed by atoms with Crippen LogP contribution in [0, 0.1) is 28.5 Å². The van der Waals surface area contributed by atoms with Gasteiger partial charge < -0.3 is 0 Å². The maximum Gasteiger partial charge on any atom is 0.264 e. The number of anilines is 1. The minimum atomic E-state index is -4.11. The van der Waals surface area contributed by atoms with Gasteiger partial charge in [-0.15, -0.1) is 0 Å². The molecule has 0 spiro atoms. The summed E-state index contributed by atoms with van der Waals surface area (Å²) in [6.45, 7) is 0. The Balaban J connectivity index is 2.49. The minimum absolute atomic E-state index is 0.0772. The summed E-state index contributed by atoms with van der Waals surface area (Å²) in [5.74, 6) is -0.659. The smallest absolute Gasteiger partial charge is 0.264 e. The van der Waals surface area contributed by atoms with Gasteiger partial charge in [0, 0.05) is 6.20 Å². The summed E-state index contributed by atoms with van der Waals surface area (Å²) in [6, 6.07) is 9.00. The molecule has 0 amide bonds. The molecule has 8 heteroatoms. The van der Waals surface area contributed by atoms with E-state index < -0.39 is 15.8 Å². The topological polar surface area (TPSA) is 107 Å². The Kier molecular flexibility index (Phi) is 3.83. The Morgan fingerprint density at radius 3 is 2.62 bits per heavy atom. The first kappa shape index (κ1) is 14.4. The molecule has 2 rings (SSSR count). The first-order valence-electron chi connectivity index (χ1n) is 5.55. The largest absolute Gasteiger partial charge is 0.278 e. The normalized spacial score (nSPS) is 10.4. The van der Waals surface area contributed by atoms with E-state index in [0.717, 1.165) is 18.2 Å². The van der Waals surface area contributed by atoms with Crippen LogP contribution in [0.3, 0.4) is 0 Å². The second-order valence-corrected chi connectivity index (χ2v) is 5.52. The van der Waals surface area contributed by atoms with Crippen LogP contribution in [0.15, 0.2) is 41.4 Å². The van der Waals surface area contributed by atoms with Crippen LogP contribution in [0.25, 0.3) is 0 Å². The summed E-state index contributed by atoms with van der Waals surface area (Å²) >= 11 is 0. The van der Waals surface area contributed by atoms with E-state index >= 15 is 0 Å². The van der Waals surface area contributed by atoms with Crippen LogP contribution in [0.4, 0.5) is 10.1 Å². The van der Waals surface area contributed by atoms with E-state index in [1.807, 2.05) is 0 Å². The highest BCUT2D eigenvalue weighted by Gasteiger charge is 2.20. The summed E-state index contributed by atoms with van der Waals surface area (Å²) in [5, 5.41) is 17.8. The molecular formula is C13H7FN4O2S. The van der Waals surface area contributed by atoms with Gasteiger partial charge >= 0.3 is 0 Å². The molecule has 0 bridgehead atoms. The molecule has 0 radical (unpaired) electrons. The molecular weight excluding hydrogens is 295 g/mol. The molecule has 21 heavy (non-hydrogen) atoms. The first-order valence-corrected chi connectivity index (χ1v) is 7.04. The van der Waals surface area contributed by atoms with E-state index in [4.69, 9.17) is 10.5 Å². The highest BCUT2D eigenvalue weighted by molar-refractivity contribution is 7.92. The molecule has 0 saturated heterocycles. The van der Waals surface area contributed by atoms with Crippen molar-refractivity contribution in [3.63, 3.8) is 0 Å². The monoisotopic (exact) mass is 302 g/mol. The van der Waals surface area contributed by atoms with E-state index in [-0.39, 0.29) is 21.8 Å². The van der Waals surface area contributed by atoms with E-state index in [1.165, 1.54) is 18.3 Å². The van der Waals surface area contributed by atoms with E-state index in [1.54, 1.807) is 12.1 Å². The summed E-state index contributed by atoms with van der Waals surface area (Å²) in [5.41, 5.74) is -0.516. The number of rotatable bonds is 3. The molecule has 0 unspecified atom stereocenters. The SMILES string of the molecule is N#Cc1cc(F)ccc1NS(=O)(=O)c1cccnc1C#N. The molecule has 0 saturated carbocycles. The molecule has 1 N–H and O–H groups in total. The van der Waals surface area contributed by atoms with E-state index in [9.17, 15) is 12.8 Å². The number of benzene rings is 1. The standard InChI is InChI=1S/C13H7FN4O2S/c14-10-3-4-11(9(6-10)7-15)18-21(19,20)13-2-1-5-17-12(13)8-16/h1-6,18H. The highest BCUT2D eigenvalue weighted by atomic mass is 32.2. The average molecular weight is 302 g/mol. The number of pyridine rings is 1. The molecule has 0 aliphatic carbocycles. The third kappa shape index (κ3) is 2.96. The van der Waals surface area contributed by atoms with Crippen LogP contribution in [0.1, 0.15) is 11.3 Å². The molecule has 0 aliphatic heterocycles. The second kappa shape index (κ2) is 5.57. The van der Waals surface area contributed by atoms with Crippen molar-refractivity contribution in [2.24, 2.45) is 0 Å². The Labute approximate surface area is 120 Å². The summed E-state index contributed by atoms with van der Waals surface area (Å²) in [7, 11) is -4.11. The Morgan fingerprint density at radius 2 is 1.95 bits per heavy atom. The van der Waals surface area contributed by atoms with Gasteiger partial charge in [0.1, 0.15) is 22.9 Å². The minimum Gasteiger partial charge on any atom is -0.278 e. The molecule has 1 aromatic heterocycles. The zero-order chi connectivity index (χ0) is 15.5. The van der Waals surface area contributed by atoms with Gasteiger partial charge in [-0.3, -0.25) is 4.72 Å². The molecule has 0 fully saturated rings. The van der Waals surface area contributed by atoms with E-state index in [0.29, 0.717) is 0 Å². The zero-order valence-corrected chi connectivity index (χ0v) is 11.2. The number of hydrogen-bond donors (Lipinski definition) is 1. The fourth-order valence-corrected chi connectivity index (χ4v) is 2.78. The van der Waals surface area contributed by atoms with Crippen LogP contribution in [0.2, 0.25) is 0 Å². The number of halogens is 1. The number of nitrogens with zero attached hydrogens (tertiary/aromatic N) is 3. The number of hydrogen-bond acceptors (Lipinski definition) is 5. The lowest BCUT2D eigenvalue weighted by molar-refractivity contribution is 0.600. The molecule has 1 aromatic carbocycles. The highest BCUT2D eigenvalue weighted by Crippen LogP contribution is 2.21. The van der Waals surface area contributed by atoms with Crippen LogP contribution < -0.4 is 4.72 Å². The van der Waals surface area contributed by atoms with Crippen molar-refractivity contribution in [2.45, 2.75) is 4.90 Å². The van der Waals surface area contributed by atoms with Gasteiger partial charge in [0.25, 0.3) is 10.0 Å². The lowest BCUT2D eigenvalue weighted by Crippen LogP contribution is -2.15. The van der Waals surface area contributed by atoms with Crippen LogP contribution in [-0.4, -0.2) is 13.4 Å². The van der Waals surface area contributed by atoms with Crippen molar-refractivity contribution in [3.8, 4) is 12.1 Å². The summed E-state index contributed by atoms with van der Waals surface area (Å²) < 4.78 is 39.6. The zero-order valence-electron chi connectivity index (χ0n) is 10.4. The molecule has 2 aromatic rings. The van der Waals surface area contributed by atoms with Crippen molar-refractivity contribution >= 4 is 15.7 Å². The van der Waals surface area contributed by atoms with Crippen molar-refractivity contribution in [2.75, 3.05) is 4.72 Å². The fourth-order valence-electron chi connectivity index (χ4n) is 1.59. The van der Waals surface area contributed by atoms with E-state index in [2.05, 4.69) is 9.71 Å². The quantitative estimate of drug-likeness (QED) is 0.929. The average Bonchev–Trinajstić information content (AvgIpc) is 2.48. The van der Waals surface area contributed by atoms with Crippen LogP contribution >= 0.6 is 0 Å². The van der Waals surface area contributed by atoms with Gasteiger partial charge in [-0.25, -0.2) is 17.8 Å². The number of sulfonamides is 1. The molecule has 1 heterocycles. The van der Waals surface area contributed by atoms with Crippen molar-refractivity contribution < 1.29 is 12.8 Å². The Hall–Kier alpha value is -2.97. The van der Waals surface area contributed by atoms with Crippen molar-refractivity contribution in [3.05, 3.63) is 53.6 Å². The first-order chi connectivity index (χ1) is 9.97. The van der Waals surface area contributed by atoms with Gasteiger partial charge in [-0.2, -0.15) is 10.5 Å². The number of nitriles is 2. The summed E-state index contributed by atoms with van der Waals surface area (Å²) in [4.78, 5) is 3.34. The number of nitrogens with one attached hydrogen (secondary N) is 1. The summed E-state index contributed by atoms with van der Waals surface area (Å²) in [6.07, 6.45) is 1.29. The van der Waals surface area contributed by atoms with Crippen LogP contribution in [-0.2, 0) is 10.0 Å². The Morgan fingerprint density at radius 1 is 1.19 bits per heavy atom. The van der Waals surface area contributed by atoms with Gasteiger partial charge in [0.2, 0.25) is 0 Å². The third-order valence-corrected chi connectivity index (χ3v) is 3.91. The molecule has 6 nitrogen and oxygen atoms in total. The molecule has 0 atom stereocenters. The van der Waals surface area contributed by atoms with Gasteiger partial charge in [-0.1, -0.05) is 0 Å². The van der Waals surface area contributed by atoms with Gasteiger partial charge in [-0.05, 0) is 30.3 Å². The van der Waals surface area contributed by atoms with Crippen molar-refractivity contribution in [1.82, 2.24) is 4.98 Å². The Bertz CT molecular complexity index is 882. The lowest BCUT2D eigenvalue weighted by Gasteiger charge is -2.10. The predicted molar refractivity (Wildman–Crippen MR) is 70.9 cm³/mol. The second-order valence-electron chi connectivity index (χ2n) is 3.87. The van der Waals surface area contributed by atoms with Crippen molar-refractivity contribution in [1.29, 1.82) is 10.5 Å². The lowest BCUT2D eigenvalue weighted by atomic mass is 10.2. The molecule has 0 aliphatic rings. The van der Waals surface area contributed by atoms with Crippen LogP contribution in [0.5, 0.6) is 0 Å². The number of aromatic nitrogens is 1. The maximum atomic E-state index is 13.0. The maximum absolute atomic E-state index is 13.0. The van der Waals surface area contributed by atoms with Gasteiger partial charge in [0.15, 0.2) is 5.69 Å². The van der Waals surface area contributed by atoms with Gasteiger partial charge in [0.05, 0.1) is 11.3 Å². The molecule has 104 valence electrons. The third-order valence-electron chi connectivity index (χ3n) is 2.51. The fraction of sp³-hybridized carbons (Fsp3) is 0.